The molecule has 0 aromatic heterocycles. The molecular formula is C36H28N2O6. The minimum Gasteiger partial charge on any atom is -0.497 e. The van der Waals surface area contributed by atoms with Crippen LogP contribution in [0.3, 0.4) is 0 Å². The Balaban J connectivity index is 1.41. The molecule has 4 aromatic carbocycles. The molecule has 44 heavy (non-hydrogen) atoms. The number of benzene rings is 4. The van der Waals surface area contributed by atoms with Crippen molar-refractivity contribution in [3.63, 3.8) is 0 Å². The van der Waals surface area contributed by atoms with E-state index in [0.717, 1.165) is 16.8 Å². The first-order valence-corrected chi connectivity index (χ1v) is 14.5. The second kappa shape index (κ2) is 9.57. The molecule has 0 bridgehead atoms. The van der Waals surface area contributed by atoms with Crippen molar-refractivity contribution in [3.05, 3.63) is 119 Å². The van der Waals surface area contributed by atoms with Gasteiger partial charge in [-0.25, -0.2) is 0 Å². The molecule has 8 heteroatoms. The Morgan fingerprint density at radius 2 is 1.61 bits per heavy atom. The van der Waals surface area contributed by atoms with Crippen molar-refractivity contribution in [2.45, 2.75) is 24.4 Å². The van der Waals surface area contributed by atoms with Gasteiger partial charge in [0.15, 0.2) is 23.1 Å². The number of para-hydroxylation sites is 2. The minimum absolute atomic E-state index is 0.0609. The molecule has 1 spiro atoms. The molecule has 4 atom stereocenters. The number of Topliss-reactive ketones (excluding diaryl/α,β-unsaturated/α-hetero) is 2. The summed E-state index contributed by atoms with van der Waals surface area (Å²) in [7, 11) is 1.57. The fourth-order valence-corrected chi connectivity index (χ4v) is 7.54. The molecule has 8 rings (SSSR count). The number of methoxy groups -OCH3 is 1. The van der Waals surface area contributed by atoms with E-state index in [-0.39, 0.29) is 24.3 Å². The van der Waals surface area contributed by atoms with Gasteiger partial charge in [-0.15, -0.1) is 0 Å². The summed E-state index contributed by atoms with van der Waals surface area (Å²) in [6.07, 6.45) is 2.05. The van der Waals surface area contributed by atoms with Crippen LogP contribution in [-0.4, -0.2) is 43.5 Å². The van der Waals surface area contributed by atoms with Crippen LogP contribution in [0.25, 0.3) is 5.57 Å². The first kappa shape index (κ1) is 26.3. The van der Waals surface area contributed by atoms with Crippen molar-refractivity contribution >= 4 is 34.4 Å². The number of carbonyl (C=O) groups excluding carboxylic acids is 3. The highest BCUT2D eigenvalue weighted by atomic mass is 16.7. The number of rotatable bonds is 5. The third-order valence-corrected chi connectivity index (χ3v) is 9.47. The molecule has 1 N–H and O–H groups in total. The number of anilines is 2. The Kier molecular flexibility index (Phi) is 5.71. The third-order valence-electron chi connectivity index (χ3n) is 9.47. The predicted octanol–water partition coefficient (Wildman–Crippen LogP) is 5.67. The number of ether oxygens (including phenoxy) is 3. The van der Waals surface area contributed by atoms with Crippen molar-refractivity contribution in [1.29, 1.82) is 0 Å². The average Bonchev–Trinajstić information content (AvgIpc) is 3.73. The molecule has 0 radical (unpaired) electrons. The van der Waals surface area contributed by atoms with Gasteiger partial charge in [-0.3, -0.25) is 14.4 Å². The molecule has 4 aliphatic rings. The van der Waals surface area contributed by atoms with Crippen molar-refractivity contribution in [1.82, 2.24) is 0 Å². The van der Waals surface area contributed by atoms with Gasteiger partial charge >= 0.3 is 0 Å². The number of fused-ring (bicyclic) bond motifs is 7. The van der Waals surface area contributed by atoms with Crippen LogP contribution in [0.2, 0.25) is 0 Å². The molecule has 0 saturated carbocycles. The number of ketones is 2. The summed E-state index contributed by atoms with van der Waals surface area (Å²) in [6, 6.07) is 25.6. The Morgan fingerprint density at radius 1 is 0.886 bits per heavy atom. The van der Waals surface area contributed by atoms with Crippen LogP contribution in [0.4, 0.5) is 11.4 Å². The molecule has 4 heterocycles. The van der Waals surface area contributed by atoms with Gasteiger partial charge in [0.05, 0.1) is 19.1 Å². The SMILES string of the molecule is COc1ccc(C(=O)[C@H]2[C@@H](C(=O)c3ccc4c(c3)OCO4)[C@@]3(C(=O)Nc4ccccc43)[C@H]3C=C(C)c4ccccc4N23)cc1. The molecule has 8 nitrogen and oxygen atoms in total. The normalized spacial score (nSPS) is 23.9. The maximum absolute atomic E-state index is 15.1. The van der Waals surface area contributed by atoms with Crippen LogP contribution < -0.4 is 24.4 Å². The molecule has 4 aliphatic heterocycles. The number of carbonyl (C=O) groups is 3. The largest absolute Gasteiger partial charge is 0.497 e. The van der Waals surface area contributed by atoms with Crippen LogP contribution in [0, 0.1) is 5.92 Å². The van der Waals surface area contributed by atoms with Gasteiger partial charge in [-0.05, 0) is 72.7 Å². The number of amides is 1. The van der Waals surface area contributed by atoms with Crippen molar-refractivity contribution in [2.75, 3.05) is 24.1 Å². The molecular weight excluding hydrogens is 556 g/mol. The van der Waals surface area contributed by atoms with Gasteiger partial charge in [0.25, 0.3) is 0 Å². The summed E-state index contributed by atoms with van der Waals surface area (Å²) < 4.78 is 16.5. The number of hydrogen-bond donors (Lipinski definition) is 1. The zero-order valence-electron chi connectivity index (χ0n) is 24.1. The summed E-state index contributed by atoms with van der Waals surface area (Å²) in [5, 5.41) is 3.07. The molecule has 1 saturated heterocycles. The van der Waals surface area contributed by atoms with Crippen LogP contribution in [0.5, 0.6) is 17.2 Å². The average molecular weight is 585 g/mol. The molecule has 1 fully saturated rings. The lowest BCUT2D eigenvalue weighted by Crippen LogP contribution is -2.51. The Labute approximate surface area is 253 Å². The monoisotopic (exact) mass is 584 g/mol. The second-order valence-electron chi connectivity index (χ2n) is 11.5. The van der Waals surface area contributed by atoms with E-state index in [1.807, 2.05) is 66.4 Å². The van der Waals surface area contributed by atoms with Gasteiger partial charge in [0, 0.05) is 28.1 Å². The maximum atomic E-state index is 15.1. The van der Waals surface area contributed by atoms with Gasteiger partial charge in [-0.2, -0.15) is 0 Å². The van der Waals surface area contributed by atoms with E-state index in [9.17, 15) is 9.59 Å². The number of nitrogens with one attached hydrogen (secondary N) is 1. The summed E-state index contributed by atoms with van der Waals surface area (Å²) >= 11 is 0. The van der Waals surface area contributed by atoms with Gasteiger partial charge in [0.1, 0.15) is 17.2 Å². The van der Waals surface area contributed by atoms with Crippen LogP contribution >= 0.6 is 0 Å². The standard InChI is InChI=1S/C36H28N2O6/c1-20-17-30-36(25-8-4-5-9-26(25)37-35(36)41)31(33(39)22-13-16-28-29(18-22)44-19-43-28)32(38(30)27-10-6-3-7-24(20)27)34(40)21-11-14-23(42-2)15-12-21/h3-18,30-32H,19H2,1-2H3,(H,37,41)/t30-,31+,32-,36+/m1/s1. The Morgan fingerprint density at radius 3 is 2.43 bits per heavy atom. The fraction of sp³-hybridized carbons (Fsp3) is 0.194. The Hall–Kier alpha value is -5.37. The lowest BCUT2D eigenvalue weighted by atomic mass is 9.64. The van der Waals surface area contributed by atoms with E-state index in [1.54, 1.807) is 49.6 Å². The van der Waals surface area contributed by atoms with E-state index in [0.29, 0.717) is 39.6 Å². The van der Waals surface area contributed by atoms with E-state index >= 15 is 4.79 Å². The lowest BCUT2D eigenvalue weighted by molar-refractivity contribution is -0.121. The predicted molar refractivity (Wildman–Crippen MR) is 165 cm³/mol. The summed E-state index contributed by atoms with van der Waals surface area (Å²) in [5.41, 5.74) is 3.45. The maximum Gasteiger partial charge on any atom is 0.238 e. The number of hydrogen-bond acceptors (Lipinski definition) is 7. The molecule has 1 amide bonds. The van der Waals surface area contributed by atoms with Crippen molar-refractivity contribution < 1.29 is 28.6 Å². The zero-order chi connectivity index (χ0) is 30.2. The van der Waals surface area contributed by atoms with Gasteiger partial charge in [0.2, 0.25) is 12.7 Å². The van der Waals surface area contributed by atoms with E-state index in [4.69, 9.17) is 14.2 Å². The smallest absolute Gasteiger partial charge is 0.238 e. The van der Waals surface area contributed by atoms with E-state index in [2.05, 4.69) is 5.32 Å². The van der Waals surface area contributed by atoms with Gasteiger partial charge < -0.3 is 24.4 Å². The lowest BCUT2D eigenvalue weighted by Gasteiger charge is -2.39. The van der Waals surface area contributed by atoms with Gasteiger partial charge in [-0.1, -0.05) is 42.5 Å². The first-order valence-electron chi connectivity index (χ1n) is 14.5. The van der Waals surface area contributed by atoms with Crippen molar-refractivity contribution in [3.8, 4) is 17.2 Å². The highest BCUT2D eigenvalue weighted by molar-refractivity contribution is 6.18. The number of allylic oxidation sites excluding steroid dienone is 1. The van der Waals surface area contributed by atoms with Crippen LogP contribution in [0.1, 0.15) is 38.8 Å². The summed E-state index contributed by atoms with van der Waals surface area (Å²) in [4.78, 5) is 46.5. The molecule has 0 unspecified atom stereocenters. The number of nitrogens with zero attached hydrogens (tertiary/aromatic N) is 1. The quantitative estimate of drug-likeness (QED) is 0.302. The van der Waals surface area contributed by atoms with E-state index in [1.165, 1.54) is 0 Å². The Bertz CT molecular complexity index is 1910. The summed E-state index contributed by atoms with van der Waals surface area (Å²) in [5.74, 6) is -0.351. The fourth-order valence-electron chi connectivity index (χ4n) is 7.54. The second-order valence-corrected chi connectivity index (χ2v) is 11.5. The molecule has 4 aromatic rings. The topological polar surface area (TPSA) is 94.2 Å². The van der Waals surface area contributed by atoms with Crippen LogP contribution in [-0.2, 0) is 10.2 Å². The summed E-state index contributed by atoms with van der Waals surface area (Å²) in [6.45, 7) is 2.07. The van der Waals surface area contributed by atoms with Crippen molar-refractivity contribution in [2.24, 2.45) is 5.92 Å². The third kappa shape index (κ3) is 3.48. The highest BCUT2D eigenvalue weighted by Gasteiger charge is 2.70. The highest BCUT2D eigenvalue weighted by Crippen LogP contribution is 2.59. The molecule has 0 aliphatic carbocycles. The van der Waals surface area contributed by atoms with Crippen LogP contribution in [0.15, 0.2) is 97.1 Å². The van der Waals surface area contributed by atoms with E-state index < -0.39 is 23.4 Å². The first-order chi connectivity index (χ1) is 21.4. The molecule has 218 valence electrons. The zero-order valence-corrected chi connectivity index (χ0v) is 24.1. The minimum atomic E-state index is -1.40.